The third-order valence-corrected chi connectivity index (χ3v) is 5.91. The second kappa shape index (κ2) is 8.69. The second-order valence-corrected chi connectivity index (χ2v) is 8.05. The maximum atomic E-state index is 15.0. The van der Waals surface area contributed by atoms with Crippen molar-refractivity contribution in [3.05, 3.63) is 65.2 Å². The van der Waals surface area contributed by atoms with E-state index in [9.17, 15) is 4.39 Å². The van der Waals surface area contributed by atoms with E-state index in [1.807, 2.05) is 18.2 Å². The van der Waals surface area contributed by atoms with E-state index in [4.69, 9.17) is 25.4 Å². The highest BCUT2D eigenvalue weighted by Gasteiger charge is 2.26. The number of halogens is 2. The first-order valence-corrected chi connectivity index (χ1v) is 10.8. The topological polar surface area (TPSA) is 96.9 Å². The van der Waals surface area contributed by atoms with Crippen LogP contribution in [0.15, 0.2) is 42.5 Å². The van der Waals surface area contributed by atoms with Crippen molar-refractivity contribution >= 4 is 17.3 Å². The Balaban J connectivity index is 1.35. The van der Waals surface area contributed by atoms with Crippen LogP contribution in [0.4, 0.5) is 20.3 Å². The summed E-state index contributed by atoms with van der Waals surface area (Å²) in [7, 11) is 0. The van der Waals surface area contributed by atoms with Crippen LogP contribution in [0.5, 0.6) is 23.1 Å². The number of anilines is 2. The van der Waals surface area contributed by atoms with E-state index in [1.165, 1.54) is 13.0 Å². The molecule has 1 fully saturated rings. The van der Waals surface area contributed by atoms with Crippen molar-refractivity contribution in [1.29, 1.82) is 5.41 Å². The van der Waals surface area contributed by atoms with Gasteiger partial charge in [-0.25, -0.2) is 8.78 Å². The number of benzene rings is 2. The van der Waals surface area contributed by atoms with Gasteiger partial charge in [0.25, 0.3) is 5.88 Å². The lowest BCUT2D eigenvalue weighted by atomic mass is 10.2. The molecule has 1 aromatic heterocycles. The zero-order valence-electron chi connectivity index (χ0n) is 18.5. The number of nitrogens with zero attached hydrogens (tertiary/aromatic N) is 3. The van der Waals surface area contributed by atoms with Gasteiger partial charge in [-0.2, -0.15) is 4.98 Å². The van der Waals surface area contributed by atoms with Crippen LogP contribution in [0.3, 0.4) is 0 Å². The largest absolute Gasteiger partial charge is 0.454 e. The van der Waals surface area contributed by atoms with Crippen molar-refractivity contribution in [3.8, 4) is 23.1 Å². The van der Waals surface area contributed by atoms with Gasteiger partial charge >= 0.3 is 0 Å². The Morgan fingerprint density at radius 3 is 2.50 bits per heavy atom. The average Bonchev–Trinajstić information content (AvgIpc) is 3.33. The molecule has 3 aromatic rings. The summed E-state index contributed by atoms with van der Waals surface area (Å²) in [6, 6.07) is 12.1. The molecule has 2 aliphatic heterocycles. The molecule has 10 heteroatoms. The normalized spacial score (nSPS) is 14.9. The van der Waals surface area contributed by atoms with Gasteiger partial charge in [-0.15, -0.1) is 0 Å². The minimum Gasteiger partial charge on any atom is -0.454 e. The van der Waals surface area contributed by atoms with E-state index in [0.717, 1.165) is 11.4 Å². The standard InChI is InChI=1S/C24H23F2N5O3/c1-14-20(25)23(29-24(21(14)26)34-17-4-2-3-15(11-17)22(27)28)31-9-7-30(8-10-31)16-5-6-18-19(12-16)33-13-32-18/h2-6,11-12H,7-10,13H2,1H3,(H3,27,28). The lowest BCUT2D eigenvalue weighted by molar-refractivity contribution is 0.174. The maximum absolute atomic E-state index is 15.0. The number of hydrogen-bond donors (Lipinski definition) is 2. The number of hydrogen-bond acceptors (Lipinski definition) is 7. The van der Waals surface area contributed by atoms with Crippen LogP contribution < -0.4 is 29.7 Å². The first kappa shape index (κ1) is 21.7. The Labute approximate surface area is 195 Å². The number of piperazine rings is 1. The molecule has 0 radical (unpaired) electrons. The van der Waals surface area contributed by atoms with E-state index < -0.39 is 11.6 Å². The molecule has 2 aliphatic rings. The number of ether oxygens (including phenoxy) is 3. The fourth-order valence-corrected chi connectivity index (χ4v) is 3.99. The molecule has 1 saturated heterocycles. The molecule has 2 aromatic carbocycles. The van der Waals surface area contributed by atoms with Gasteiger partial charge in [0, 0.05) is 49.1 Å². The van der Waals surface area contributed by atoms with Crippen LogP contribution in [-0.2, 0) is 0 Å². The third-order valence-electron chi connectivity index (χ3n) is 5.91. The van der Waals surface area contributed by atoms with E-state index in [0.29, 0.717) is 37.5 Å². The summed E-state index contributed by atoms with van der Waals surface area (Å²) in [6.45, 7) is 3.79. The predicted molar refractivity (Wildman–Crippen MR) is 123 cm³/mol. The van der Waals surface area contributed by atoms with Crippen molar-refractivity contribution in [3.63, 3.8) is 0 Å². The zero-order chi connectivity index (χ0) is 23.8. The number of nitrogens with two attached hydrogens (primary N) is 1. The summed E-state index contributed by atoms with van der Waals surface area (Å²) < 4.78 is 46.3. The molecular formula is C24H23F2N5O3. The molecule has 176 valence electrons. The van der Waals surface area contributed by atoms with E-state index >= 15 is 4.39 Å². The number of aromatic nitrogens is 1. The Hall–Kier alpha value is -4.08. The summed E-state index contributed by atoms with van der Waals surface area (Å²) in [5.74, 6) is -0.324. The molecule has 0 atom stereocenters. The second-order valence-electron chi connectivity index (χ2n) is 8.05. The number of pyridine rings is 1. The van der Waals surface area contributed by atoms with Crippen LogP contribution in [-0.4, -0.2) is 43.8 Å². The van der Waals surface area contributed by atoms with Gasteiger partial charge in [0.05, 0.1) is 0 Å². The van der Waals surface area contributed by atoms with Crippen LogP contribution >= 0.6 is 0 Å². The lowest BCUT2D eigenvalue weighted by Gasteiger charge is -2.37. The number of fused-ring (bicyclic) bond motifs is 1. The smallest absolute Gasteiger partial charge is 0.258 e. The van der Waals surface area contributed by atoms with E-state index in [2.05, 4.69) is 9.88 Å². The zero-order valence-corrected chi connectivity index (χ0v) is 18.5. The van der Waals surface area contributed by atoms with E-state index in [-0.39, 0.29) is 35.6 Å². The highest BCUT2D eigenvalue weighted by Crippen LogP contribution is 2.36. The van der Waals surface area contributed by atoms with Crippen LogP contribution in [0, 0.1) is 24.0 Å². The average molecular weight is 467 g/mol. The maximum Gasteiger partial charge on any atom is 0.258 e. The summed E-state index contributed by atoms with van der Waals surface area (Å²) in [4.78, 5) is 8.13. The van der Waals surface area contributed by atoms with Gasteiger partial charge in [-0.3, -0.25) is 5.41 Å². The van der Waals surface area contributed by atoms with Gasteiger partial charge in [-0.05, 0) is 31.2 Å². The molecule has 0 bridgehead atoms. The molecule has 0 saturated carbocycles. The van der Waals surface area contributed by atoms with Gasteiger partial charge < -0.3 is 29.7 Å². The van der Waals surface area contributed by atoms with Gasteiger partial charge in [0.2, 0.25) is 6.79 Å². The summed E-state index contributed by atoms with van der Waals surface area (Å²) >= 11 is 0. The fraction of sp³-hybridized carbons (Fsp3) is 0.250. The summed E-state index contributed by atoms with van der Waals surface area (Å²) in [5.41, 5.74) is 6.77. The van der Waals surface area contributed by atoms with Crippen LogP contribution in [0.1, 0.15) is 11.1 Å². The van der Waals surface area contributed by atoms with Crippen molar-refractivity contribution in [2.45, 2.75) is 6.92 Å². The quantitative estimate of drug-likeness (QED) is 0.435. The van der Waals surface area contributed by atoms with Crippen LogP contribution in [0.25, 0.3) is 0 Å². The number of nitrogen functional groups attached to an aromatic ring is 1. The Morgan fingerprint density at radius 2 is 1.74 bits per heavy atom. The highest BCUT2D eigenvalue weighted by atomic mass is 19.1. The Morgan fingerprint density at radius 1 is 1.00 bits per heavy atom. The third kappa shape index (κ3) is 4.02. The minimum atomic E-state index is -0.867. The van der Waals surface area contributed by atoms with Crippen molar-refractivity contribution in [2.24, 2.45) is 5.73 Å². The minimum absolute atomic E-state index is 0.0435. The Bertz CT molecular complexity index is 1260. The molecule has 0 aliphatic carbocycles. The number of amidine groups is 1. The van der Waals surface area contributed by atoms with Crippen molar-refractivity contribution in [1.82, 2.24) is 4.98 Å². The number of rotatable bonds is 5. The van der Waals surface area contributed by atoms with Crippen molar-refractivity contribution < 1.29 is 23.0 Å². The molecule has 0 amide bonds. The van der Waals surface area contributed by atoms with Gasteiger partial charge in [0.1, 0.15) is 11.6 Å². The molecule has 3 heterocycles. The molecule has 5 rings (SSSR count). The monoisotopic (exact) mass is 467 g/mol. The first-order valence-electron chi connectivity index (χ1n) is 10.8. The first-order chi connectivity index (χ1) is 16.4. The Kier molecular flexibility index (Phi) is 5.56. The molecule has 3 N–H and O–H groups in total. The SMILES string of the molecule is Cc1c(F)c(Oc2cccc(C(=N)N)c2)nc(N2CCN(c3ccc4c(c3)OCO4)CC2)c1F. The predicted octanol–water partition coefficient (Wildman–Crippen LogP) is 3.80. The lowest BCUT2D eigenvalue weighted by Crippen LogP contribution is -2.47. The number of nitrogens with one attached hydrogen (secondary N) is 1. The molecule has 0 unspecified atom stereocenters. The van der Waals surface area contributed by atoms with Crippen molar-refractivity contribution in [2.75, 3.05) is 42.8 Å². The van der Waals surface area contributed by atoms with Gasteiger partial charge in [-0.1, -0.05) is 12.1 Å². The molecule has 34 heavy (non-hydrogen) atoms. The molecule has 0 spiro atoms. The fourth-order valence-electron chi connectivity index (χ4n) is 3.99. The summed E-state index contributed by atoms with van der Waals surface area (Å²) in [5, 5.41) is 7.56. The van der Waals surface area contributed by atoms with E-state index in [1.54, 1.807) is 23.1 Å². The highest BCUT2D eigenvalue weighted by molar-refractivity contribution is 5.95. The molecule has 8 nitrogen and oxygen atoms in total. The molecular weight excluding hydrogens is 444 g/mol. The summed E-state index contributed by atoms with van der Waals surface area (Å²) in [6.07, 6.45) is 0. The van der Waals surface area contributed by atoms with Gasteiger partial charge in [0.15, 0.2) is 29.0 Å². The van der Waals surface area contributed by atoms with Crippen LogP contribution in [0.2, 0.25) is 0 Å².